The summed E-state index contributed by atoms with van der Waals surface area (Å²) >= 11 is 5.79. The number of carbonyl (C=O) groups is 1. The van der Waals surface area contributed by atoms with Gasteiger partial charge in [0.15, 0.2) is 17.5 Å². The molecule has 4 rings (SSSR count). The van der Waals surface area contributed by atoms with Crippen molar-refractivity contribution in [1.29, 1.82) is 0 Å². The second kappa shape index (κ2) is 8.57. The van der Waals surface area contributed by atoms with E-state index in [0.717, 1.165) is 44.2 Å². The van der Waals surface area contributed by atoms with Gasteiger partial charge in [-0.25, -0.2) is 4.39 Å². The molecule has 6 nitrogen and oxygen atoms in total. The number of piperazine rings is 1. The van der Waals surface area contributed by atoms with Crippen molar-refractivity contribution >= 4 is 23.2 Å². The summed E-state index contributed by atoms with van der Waals surface area (Å²) in [5.41, 5.74) is 1.74. The molecule has 1 saturated heterocycles. The van der Waals surface area contributed by atoms with Crippen molar-refractivity contribution in [3.63, 3.8) is 0 Å². The molecule has 154 valence electrons. The van der Waals surface area contributed by atoms with Crippen LogP contribution < -0.4 is 24.6 Å². The zero-order valence-electron chi connectivity index (χ0n) is 16.3. The fourth-order valence-electron chi connectivity index (χ4n) is 3.88. The third-order valence-electron chi connectivity index (χ3n) is 5.68. The molecule has 0 bridgehead atoms. The summed E-state index contributed by atoms with van der Waals surface area (Å²) in [5, 5.41) is 2.84. The molecule has 1 atom stereocenters. The highest BCUT2D eigenvalue weighted by molar-refractivity contribution is 6.31. The van der Waals surface area contributed by atoms with Crippen molar-refractivity contribution in [3.05, 3.63) is 52.8 Å². The van der Waals surface area contributed by atoms with Crippen molar-refractivity contribution in [2.24, 2.45) is 0 Å². The molecule has 29 heavy (non-hydrogen) atoms. The Hall–Kier alpha value is -2.35. The predicted molar refractivity (Wildman–Crippen MR) is 107 cm³/mol. The van der Waals surface area contributed by atoms with Gasteiger partial charge in [0.1, 0.15) is 38.5 Å². The first kappa shape index (κ1) is 19.9. The van der Waals surface area contributed by atoms with Gasteiger partial charge in [-0.05, 0) is 43.3 Å². The highest BCUT2D eigenvalue weighted by Crippen LogP contribution is 2.32. The Morgan fingerprint density at radius 2 is 1.90 bits per heavy atom. The van der Waals surface area contributed by atoms with Gasteiger partial charge in [0.25, 0.3) is 5.91 Å². The Bertz CT molecular complexity index is 903. The van der Waals surface area contributed by atoms with E-state index in [0.29, 0.717) is 5.69 Å². The van der Waals surface area contributed by atoms with Gasteiger partial charge in [-0.1, -0.05) is 11.6 Å². The van der Waals surface area contributed by atoms with Crippen molar-refractivity contribution in [1.82, 2.24) is 0 Å². The van der Waals surface area contributed by atoms with Gasteiger partial charge in [0.2, 0.25) is 6.79 Å². The van der Waals surface area contributed by atoms with Crippen LogP contribution in [0.1, 0.15) is 12.5 Å². The fraction of sp³-hybridized carbons (Fsp3) is 0.381. The summed E-state index contributed by atoms with van der Waals surface area (Å²) in [6.45, 7) is 6.96. The maximum absolute atomic E-state index is 13.3. The summed E-state index contributed by atoms with van der Waals surface area (Å²) in [6, 6.07) is 10.1. The lowest BCUT2D eigenvalue weighted by molar-refractivity contribution is -1.02. The minimum atomic E-state index is -0.495. The van der Waals surface area contributed by atoms with E-state index in [1.165, 1.54) is 33.6 Å². The Morgan fingerprint density at radius 1 is 1.14 bits per heavy atom. The predicted octanol–water partition coefficient (Wildman–Crippen LogP) is 0.518. The van der Waals surface area contributed by atoms with Crippen LogP contribution in [0.25, 0.3) is 0 Å². The molecule has 2 aliphatic rings. The number of rotatable bonds is 5. The first-order chi connectivity index (χ1) is 14.0. The zero-order chi connectivity index (χ0) is 20.4. The molecule has 0 unspecified atom stereocenters. The first-order valence-electron chi connectivity index (χ1n) is 9.82. The lowest BCUT2D eigenvalue weighted by Crippen LogP contribution is -3.29. The number of anilines is 1. The van der Waals surface area contributed by atoms with Crippen LogP contribution >= 0.6 is 11.6 Å². The normalized spacial score (nSPS) is 21.6. The third-order valence-corrected chi connectivity index (χ3v) is 5.97. The number of fused-ring (bicyclic) bond motifs is 1. The average molecular weight is 422 g/mol. The van der Waals surface area contributed by atoms with Gasteiger partial charge >= 0.3 is 0 Å². The van der Waals surface area contributed by atoms with Gasteiger partial charge in [0.05, 0.1) is 5.02 Å². The minimum Gasteiger partial charge on any atom is -0.454 e. The molecule has 1 fully saturated rings. The second-order valence-corrected chi connectivity index (χ2v) is 8.02. The number of benzene rings is 2. The summed E-state index contributed by atoms with van der Waals surface area (Å²) in [6.07, 6.45) is 0. The van der Waals surface area contributed by atoms with Gasteiger partial charge in [-0.15, -0.1) is 0 Å². The van der Waals surface area contributed by atoms with E-state index in [4.69, 9.17) is 21.1 Å². The van der Waals surface area contributed by atoms with E-state index in [-0.39, 0.29) is 23.8 Å². The molecule has 0 aliphatic carbocycles. The highest BCUT2D eigenvalue weighted by Gasteiger charge is 2.31. The van der Waals surface area contributed by atoms with Gasteiger partial charge < -0.3 is 24.6 Å². The Labute approximate surface area is 174 Å². The van der Waals surface area contributed by atoms with Crippen molar-refractivity contribution in [2.45, 2.75) is 19.5 Å². The largest absolute Gasteiger partial charge is 0.454 e. The lowest BCUT2D eigenvalue weighted by Gasteiger charge is -2.32. The number of hydrogen-bond donors (Lipinski definition) is 3. The lowest BCUT2D eigenvalue weighted by atomic mass is 10.1. The Kier molecular flexibility index (Phi) is 5.89. The molecule has 0 aromatic heterocycles. The number of quaternary nitrogens is 2. The topological polar surface area (TPSA) is 56.4 Å². The number of amides is 1. The monoisotopic (exact) mass is 421 g/mol. The maximum atomic E-state index is 13.3. The van der Waals surface area contributed by atoms with E-state index in [9.17, 15) is 9.18 Å². The zero-order valence-corrected chi connectivity index (χ0v) is 17.0. The molecule has 0 spiro atoms. The molecule has 2 heterocycles. The number of ether oxygens (including phenoxy) is 2. The maximum Gasteiger partial charge on any atom is 0.282 e. The van der Waals surface area contributed by atoms with Crippen LogP contribution in [0.3, 0.4) is 0 Å². The van der Waals surface area contributed by atoms with Crippen molar-refractivity contribution < 1.29 is 28.5 Å². The molecule has 2 aliphatic heterocycles. The summed E-state index contributed by atoms with van der Waals surface area (Å²) in [7, 11) is 0. The van der Waals surface area contributed by atoms with E-state index in [1.807, 2.05) is 13.0 Å². The van der Waals surface area contributed by atoms with Gasteiger partial charge in [0, 0.05) is 11.3 Å². The summed E-state index contributed by atoms with van der Waals surface area (Å²) in [5.74, 6) is 1.05. The second-order valence-electron chi connectivity index (χ2n) is 7.61. The third kappa shape index (κ3) is 4.63. The summed E-state index contributed by atoms with van der Waals surface area (Å²) < 4.78 is 24.1. The van der Waals surface area contributed by atoms with E-state index >= 15 is 0 Å². The molecule has 2 aromatic rings. The smallest absolute Gasteiger partial charge is 0.282 e. The van der Waals surface area contributed by atoms with E-state index in [1.54, 1.807) is 0 Å². The molecule has 0 saturated carbocycles. The van der Waals surface area contributed by atoms with E-state index < -0.39 is 5.82 Å². The average Bonchev–Trinajstić information content (AvgIpc) is 3.18. The number of hydrogen-bond acceptors (Lipinski definition) is 3. The molecular formula is C21H25ClFN3O3+2. The van der Waals surface area contributed by atoms with E-state index in [2.05, 4.69) is 17.4 Å². The number of carbonyl (C=O) groups excluding carboxylic acids is 1. The molecular weight excluding hydrogens is 397 g/mol. The van der Waals surface area contributed by atoms with Crippen LogP contribution in [0, 0.1) is 5.82 Å². The number of halogens is 2. The van der Waals surface area contributed by atoms with Gasteiger partial charge in [-0.2, -0.15) is 0 Å². The first-order valence-corrected chi connectivity index (χ1v) is 10.2. The fourth-order valence-corrected chi connectivity index (χ4v) is 4.06. The standard InChI is InChI=1S/C21H23ClFN3O3/c1-14(21(27)24-16-3-4-18(23)17(22)11-16)26-8-6-25(7-9-26)12-15-2-5-19-20(10-15)29-13-28-19/h2-5,10-11,14H,6-9,12-13H2,1H3,(H,24,27)/p+2/t14-/m1/s1. The SMILES string of the molecule is C[C@H](C(=O)Nc1ccc(F)c(Cl)c1)[NH+]1CC[NH+](Cc2ccc3c(c2)OCO3)CC1. The Balaban J connectivity index is 1.28. The highest BCUT2D eigenvalue weighted by atomic mass is 35.5. The summed E-state index contributed by atoms with van der Waals surface area (Å²) in [4.78, 5) is 15.3. The molecule has 8 heteroatoms. The van der Waals surface area contributed by atoms with Crippen molar-refractivity contribution in [3.8, 4) is 11.5 Å². The van der Waals surface area contributed by atoms with Crippen LogP contribution in [0.2, 0.25) is 5.02 Å². The van der Waals surface area contributed by atoms with Crippen molar-refractivity contribution in [2.75, 3.05) is 38.3 Å². The Morgan fingerprint density at radius 3 is 2.66 bits per heavy atom. The molecule has 1 amide bonds. The molecule has 3 N–H and O–H groups in total. The molecule has 0 radical (unpaired) electrons. The quantitative estimate of drug-likeness (QED) is 0.659. The van der Waals surface area contributed by atoms with Crippen LogP contribution in [0.4, 0.5) is 10.1 Å². The van der Waals surface area contributed by atoms with Crippen LogP contribution in [-0.2, 0) is 11.3 Å². The minimum absolute atomic E-state index is 0.00327. The molecule has 2 aromatic carbocycles. The van der Waals surface area contributed by atoms with Crippen LogP contribution in [-0.4, -0.2) is 44.9 Å². The van der Waals surface area contributed by atoms with Crippen LogP contribution in [0.5, 0.6) is 11.5 Å². The van der Waals surface area contributed by atoms with Gasteiger partial charge in [-0.3, -0.25) is 4.79 Å². The number of nitrogens with one attached hydrogen (secondary N) is 3. The van der Waals surface area contributed by atoms with Crippen LogP contribution in [0.15, 0.2) is 36.4 Å².